The second kappa shape index (κ2) is 7.20. The number of carbonyl (C=O) groups is 1. The molecule has 0 aliphatic carbocycles. The molecule has 22 heavy (non-hydrogen) atoms. The van der Waals surface area contributed by atoms with Crippen LogP contribution in [0.4, 0.5) is 0 Å². The van der Waals surface area contributed by atoms with Crippen LogP contribution in [0, 0.1) is 0 Å². The number of carbonyl (C=O) groups excluding carboxylic acids is 1. The molecular weight excluding hydrogens is 278 g/mol. The van der Waals surface area contributed by atoms with E-state index in [1.54, 1.807) is 12.1 Å². The number of hydrogen-bond donors (Lipinski definition) is 1. The fourth-order valence-corrected chi connectivity index (χ4v) is 1.78. The third-order valence-electron chi connectivity index (χ3n) is 2.79. The quantitative estimate of drug-likeness (QED) is 0.518. The maximum atomic E-state index is 12.3. The molecule has 0 aliphatic heterocycles. The minimum Gasteiger partial charge on any atom is -0.320 e. The molecule has 0 aromatic heterocycles. The van der Waals surface area contributed by atoms with Gasteiger partial charge in [0.15, 0.2) is 6.23 Å². The molecule has 4 heteroatoms. The van der Waals surface area contributed by atoms with Gasteiger partial charge in [-0.05, 0) is 32.9 Å². The average Bonchev–Trinajstić information content (AvgIpc) is 2.52. The first-order chi connectivity index (χ1) is 10.5. The molecule has 0 saturated carbocycles. The molecule has 0 saturated heterocycles. The minimum absolute atomic E-state index is 0.216. The van der Waals surface area contributed by atoms with Crippen molar-refractivity contribution in [2.45, 2.75) is 32.6 Å². The van der Waals surface area contributed by atoms with Crippen LogP contribution in [-0.2, 0) is 9.78 Å². The van der Waals surface area contributed by atoms with Gasteiger partial charge in [-0.1, -0.05) is 48.5 Å². The van der Waals surface area contributed by atoms with Gasteiger partial charge in [0.05, 0.1) is 5.60 Å². The lowest BCUT2D eigenvalue weighted by Gasteiger charge is -2.24. The van der Waals surface area contributed by atoms with Crippen molar-refractivity contribution in [3.63, 3.8) is 0 Å². The summed E-state index contributed by atoms with van der Waals surface area (Å²) in [6.07, 6.45) is -0.673. The number of benzene rings is 2. The molecule has 116 valence electrons. The van der Waals surface area contributed by atoms with Gasteiger partial charge >= 0.3 is 0 Å². The Morgan fingerprint density at radius 2 is 1.50 bits per heavy atom. The van der Waals surface area contributed by atoms with Gasteiger partial charge in [-0.15, -0.1) is 0 Å². The molecule has 4 nitrogen and oxygen atoms in total. The van der Waals surface area contributed by atoms with Crippen LogP contribution in [0.1, 0.15) is 42.9 Å². The molecule has 2 aromatic rings. The fraction of sp³-hybridized carbons (Fsp3) is 0.278. The first-order valence-electron chi connectivity index (χ1n) is 7.21. The first kappa shape index (κ1) is 16.2. The molecule has 2 rings (SSSR count). The molecule has 0 spiro atoms. The van der Waals surface area contributed by atoms with Crippen molar-refractivity contribution < 1.29 is 14.6 Å². The number of amides is 1. The van der Waals surface area contributed by atoms with Crippen molar-refractivity contribution in [3.8, 4) is 0 Å². The van der Waals surface area contributed by atoms with Crippen LogP contribution in [0.3, 0.4) is 0 Å². The third-order valence-corrected chi connectivity index (χ3v) is 2.79. The minimum atomic E-state index is -0.673. The number of nitrogens with one attached hydrogen (secondary N) is 1. The van der Waals surface area contributed by atoms with E-state index in [1.165, 1.54) is 0 Å². The van der Waals surface area contributed by atoms with E-state index in [2.05, 4.69) is 5.32 Å². The Hall–Kier alpha value is -2.17. The monoisotopic (exact) mass is 299 g/mol. The van der Waals surface area contributed by atoms with Crippen LogP contribution >= 0.6 is 0 Å². The highest BCUT2D eigenvalue weighted by atomic mass is 17.2. The highest BCUT2D eigenvalue weighted by Gasteiger charge is 2.20. The standard InChI is InChI=1S/C18H21NO3/c1-18(2,3)22-21-17(15-12-8-5-9-13-15)19-16(20)14-10-6-4-7-11-14/h4-13,17H,1-3H3,(H,19,20). The molecule has 0 heterocycles. The smallest absolute Gasteiger partial charge is 0.253 e. The lowest BCUT2D eigenvalue weighted by atomic mass is 10.1. The SMILES string of the molecule is CC(C)(C)OOC(NC(=O)c1ccccc1)c1ccccc1. The van der Waals surface area contributed by atoms with E-state index >= 15 is 0 Å². The summed E-state index contributed by atoms with van der Waals surface area (Å²) in [5, 5.41) is 2.84. The molecule has 0 fully saturated rings. The van der Waals surface area contributed by atoms with Gasteiger partial charge < -0.3 is 5.32 Å². The third kappa shape index (κ3) is 4.98. The van der Waals surface area contributed by atoms with E-state index in [1.807, 2.05) is 69.3 Å². The fourth-order valence-electron chi connectivity index (χ4n) is 1.78. The van der Waals surface area contributed by atoms with Crippen molar-refractivity contribution in [2.75, 3.05) is 0 Å². The highest BCUT2D eigenvalue weighted by molar-refractivity contribution is 5.94. The molecule has 0 radical (unpaired) electrons. The van der Waals surface area contributed by atoms with Crippen molar-refractivity contribution >= 4 is 5.91 Å². The second-order valence-corrected chi connectivity index (χ2v) is 5.92. The molecule has 1 unspecified atom stereocenters. The van der Waals surface area contributed by atoms with Crippen LogP contribution in [0.2, 0.25) is 0 Å². The Balaban J connectivity index is 2.12. The Morgan fingerprint density at radius 1 is 0.955 bits per heavy atom. The summed E-state index contributed by atoms with van der Waals surface area (Å²) in [5.74, 6) is -0.216. The van der Waals surface area contributed by atoms with Crippen LogP contribution in [0.15, 0.2) is 60.7 Å². The van der Waals surface area contributed by atoms with Crippen LogP contribution in [0.25, 0.3) is 0 Å². The Kier molecular flexibility index (Phi) is 5.31. The van der Waals surface area contributed by atoms with Crippen molar-refractivity contribution in [3.05, 3.63) is 71.8 Å². The molecule has 1 atom stereocenters. The van der Waals surface area contributed by atoms with Crippen molar-refractivity contribution in [1.29, 1.82) is 0 Å². The van der Waals surface area contributed by atoms with Gasteiger partial charge in [0.25, 0.3) is 5.91 Å². The number of hydrogen-bond acceptors (Lipinski definition) is 3. The van der Waals surface area contributed by atoms with Crippen molar-refractivity contribution in [1.82, 2.24) is 5.32 Å². The summed E-state index contributed by atoms with van der Waals surface area (Å²) in [7, 11) is 0. The molecule has 0 bridgehead atoms. The van der Waals surface area contributed by atoms with E-state index < -0.39 is 11.8 Å². The Labute approximate surface area is 131 Å². The van der Waals surface area contributed by atoms with E-state index in [4.69, 9.17) is 9.78 Å². The van der Waals surface area contributed by atoms with Gasteiger partial charge in [-0.3, -0.25) is 4.79 Å². The van der Waals surface area contributed by atoms with Gasteiger partial charge in [0.1, 0.15) is 0 Å². The number of rotatable bonds is 5. The molecular formula is C18H21NO3. The maximum absolute atomic E-state index is 12.3. The lowest BCUT2D eigenvalue weighted by molar-refractivity contribution is -0.379. The zero-order valence-corrected chi connectivity index (χ0v) is 13.1. The van der Waals surface area contributed by atoms with E-state index in [-0.39, 0.29) is 5.91 Å². The normalized spacial score (nSPS) is 12.7. The molecule has 0 aliphatic rings. The van der Waals surface area contributed by atoms with Crippen molar-refractivity contribution in [2.24, 2.45) is 0 Å². The first-order valence-corrected chi connectivity index (χ1v) is 7.21. The van der Waals surface area contributed by atoms with Crippen LogP contribution in [0.5, 0.6) is 0 Å². The summed E-state index contributed by atoms with van der Waals surface area (Å²) in [6.45, 7) is 5.65. The summed E-state index contributed by atoms with van der Waals surface area (Å²) in [4.78, 5) is 23.1. The molecule has 1 N–H and O–H groups in total. The predicted molar refractivity (Wildman–Crippen MR) is 85.0 cm³/mol. The molecule has 1 amide bonds. The summed E-state index contributed by atoms with van der Waals surface area (Å²) in [6, 6.07) is 18.4. The van der Waals surface area contributed by atoms with E-state index in [9.17, 15) is 4.79 Å². The van der Waals surface area contributed by atoms with Crippen LogP contribution < -0.4 is 5.32 Å². The predicted octanol–water partition coefficient (Wildman–Crippen LogP) is 3.86. The maximum Gasteiger partial charge on any atom is 0.253 e. The summed E-state index contributed by atoms with van der Waals surface area (Å²) < 4.78 is 0. The zero-order valence-electron chi connectivity index (χ0n) is 13.1. The van der Waals surface area contributed by atoms with E-state index in [0.29, 0.717) is 5.56 Å². The zero-order chi connectivity index (χ0) is 16.0. The van der Waals surface area contributed by atoms with Gasteiger partial charge in [0.2, 0.25) is 0 Å². The van der Waals surface area contributed by atoms with Crippen LogP contribution in [-0.4, -0.2) is 11.5 Å². The largest absolute Gasteiger partial charge is 0.320 e. The average molecular weight is 299 g/mol. The van der Waals surface area contributed by atoms with Gasteiger partial charge in [-0.2, -0.15) is 0 Å². The highest BCUT2D eigenvalue weighted by Crippen LogP contribution is 2.19. The lowest BCUT2D eigenvalue weighted by Crippen LogP contribution is -2.32. The second-order valence-electron chi connectivity index (χ2n) is 5.92. The summed E-state index contributed by atoms with van der Waals surface area (Å²) >= 11 is 0. The summed E-state index contributed by atoms with van der Waals surface area (Å²) in [5.41, 5.74) is 0.920. The Morgan fingerprint density at radius 3 is 2.05 bits per heavy atom. The molecule has 2 aromatic carbocycles. The van der Waals surface area contributed by atoms with Gasteiger partial charge in [0, 0.05) is 11.1 Å². The van der Waals surface area contributed by atoms with Gasteiger partial charge in [-0.25, -0.2) is 9.78 Å². The van der Waals surface area contributed by atoms with E-state index in [0.717, 1.165) is 5.56 Å². The topological polar surface area (TPSA) is 47.6 Å². The Bertz CT molecular complexity index is 591.